The SMILES string of the molecule is Nc1ccc(OCCS(=O)(=O)CC2CCCC2)cc1. The van der Waals surface area contributed by atoms with E-state index in [1.54, 1.807) is 24.3 Å². The van der Waals surface area contributed by atoms with Crippen LogP contribution in [0.1, 0.15) is 25.7 Å². The third kappa shape index (κ3) is 4.74. The second-order valence-electron chi connectivity index (χ2n) is 5.18. The lowest BCUT2D eigenvalue weighted by molar-refractivity contribution is 0.340. The topological polar surface area (TPSA) is 69.4 Å². The first-order valence-corrected chi connectivity index (χ1v) is 8.56. The first kappa shape index (κ1) is 14.2. The number of rotatable bonds is 6. The van der Waals surface area contributed by atoms with Crippen molar-refractivity contribution < 1.29 is 13.2 Å². The van der Waals surface area contributed by atoms with Gasteiger partial charge in [0.15, 0.2) is 9.84 Å². The molecule has 0 bridgehead atoms. The molecule has 2 rings (SSSR count). The predicted molar refractivity (Wildman–Crippen MR) is 77.0 cm³/mol. The van der Waals surface area contributed by atoms with Crippen molar-refractivity contribution in [1.82, 2.24) is 0 Å². The molecule has 0 heterocycles. The average Bonchev–Trinajstić information content (AvgIpc) is 2.83. The predicted octanol–water partition coefficient (Wildman–Crippen LogP) is 2.25. The summed E-state index contributed by atoms with van der Waals surface area (Å²) in [5, 5.41) is 0. The largest absolute Gasteiger partial charge is 0.493 e. The summed E-state index contributed by atoms with van der Waals surface area (Å²) in [6.45, 7) is 0.207. The summed E-state index contributed by atoms with van der Waals surface area (Å²) < 4.78 is 29.3. The molecular weight excluding hydrogens is 262 g/mol. The Balaban J connectivity index is 1.76. The molecule has 0 aliphatic heterocycles. The van der Waals surface area contributed by atoms with Crippen LogP contribution in [0.2, 0.25) is 0 Å². The van der Waals surface area contributed by atoms with E-state index < -0.39 is 9.84 Å². The molecule has 106 valence electrons. The van der Waals surface area contributed by atoms with Crippen LogP contribution >= 0.6 is 0 Å². The van der Waals surface area contributed by atoms with Gasteiger partial charge in [0.05, 0.1) is 11.5 Å². The molecule has 1 aliphatic carbocycles. The lowest BCUT2D eigenvalue weighted by atomic mass is 10.1. The van der Waals surface area contributed by atoms with Gasteiger partial charge in [0, 0.05) is 5.69 Å². The standard InChI is InChI=1S/C14H21NO3S/c15-13-5-7-14(8-6-13)18-9-10-19(16,17)11-12-3-1-2-4-12/h5-8,12H,1-4,9-11,15H2. The van der Waals surface area contributed by atoms with Gasteiger partial charge in [-0.1, -0.05) is 12.8 Å². The fourth-order valence-electron chi connectivity index (χ4n) is 2.47. The normalized spacial score (nSPS) is 16.6. The van der Waals surface area contributed by atoms with E-state index in [1.807, 2.05) is 0 Å². The molecular formula is C14H21NO3S. The molecule has 19 heavy (non-hydrogen) atoms. The Morgan fingerprint density at radius 1 is 1.16 bits per heavy atom. The summed E-state index contributed by atoms with van der Waals surface area (Å²) in [7, 11) is -2.99. The monoisotopic (exact) mass is 283 g/mol. The van der Waals surface area contributed by atoms with E-state index in [9.17, 15) is 8.42 Å². The van der Waals surface area contributed by atoms with E-state index in [0.717, 1.165) is 12.8 Å². The first-order chi connectivity index (χ1) is 9.05. The molecule has 1 aromatic carbocycles. The Morgan fingerprint density at radius 2 is 1.79 bits per heavy atom. The highest BCUT2D eigenvalue weighted by Crippen LogP contribution is 2.26. The molecule has 1 fully saturated rings. The van der Waals surface area contributed by atoms with E-state index in [-0.39, 0.29) is 12.4 Å². The third-order valence-electron chi connectivity index (χ3n) is 3.51. The summed E-state index contributed by atoms with van der Waals surface area (Å²) in [6, 6.07) is 6.97. The van der Waals surface area contributed by atoms with Crippen molar-refractivity contribution in [2.45, 2.75) is 25.7 Å². The van der Waals surface area contributed by atoms with Gasteiger partial charge >= 0.3 is 0 Å². The Kier molecular flexibility index (Phi) is 4.69. The van der Waals surface area contributed by atoms with E-state index in [2.05, 4.69) is 0 Å². The van der Waals surface area contributed by atoms with Gasteiger partial charge in [-0.3, -0.25) is 0 Å². The van der Waals surface area contributed by atoms with Crippen LogP contribution in [0.15, 0.2) is 24.3 Å². The molecule has 0 spiro atoms. The van der Waals surface area contributed by atoms with E-state index in [0.29, 0.717) is 23.1 Å². The highest BCUT2D eigenvalue weighted by Gasteiger charge is 2.22. The number of nitrogens with two attached hydrogens (primary N) is 1. The van der Waals surface area contributed by atoms with Crippen LogP contribution in [-0.4, -0.2) is 26.5 Å². The van der Waals surface area contributed by atoms with Gasteiger partial charge in [0.25, 0.3) is 0 Å². The smallest absolute Gasteiger partial charge is 0.153 e. The lowest BCUT2D eigenvalue weighted by Gasteiger charge is -2.10. The van der Waals surface area contributed by atoms with Gasteiger partial charge in [-0.25, -0.2) is 8.42 Å². The maximum absolute atomic E-state index is 11.9. The number of hydrogen-bond donors (Lipinski definition) is 1. The van der Waals surface area contributed by atoms with Gasteiger partial charge in [0.1, 0.15) is 12.4 Å². The molecule has 0 aromatic heterocycles. The Hall–Kier alpha value is -1.23. The molecule has 2 N–H and O–H groups in total. The number of anilines is 1. The summed E-state index contributed by atoms with van der Waals surface area (Å²) in [4.78, 5) is 0. The Bertz CT molecular complexity index is 490. The minimum Gasteiger partial charge on any atom is -0.493 e. The molecule has 1 aliphatic rings. The summed E-state index contributed by atoms with van der Waals surface area (Å²) in [6.07, 6.45) is 4.44. The number of ether oxygens (including phenoxy) is 1. The van der Waals surface area contributed by atoms with E-state index in [1.165, 1.54) is 12.8 Å². The van der Waals surface area contributed by atoms with Crippen molar-refractivity contribution in [3.63, 3.8) is 0 Å². The zero-order valence-corrected chi connectivity index (χ0v) is 11.9. The quantitative estimate of drug-likeness (QED) is 0.813. The molecule has 1 saturated carbocycles. The van der Waals surface area contributed by atoms with Crippen LogP contribution in [0.4, 0.5) is 5.69 Å². The van der Waals surface area contributed by atoms with Crippen LogP contribution in [0.3, 0.4) is 0 Å². The lowest BCUT2D eigenvalue weighted by Crippen LogP contribution is -2.21. The molecule has 0 atom stereocenters. The van der Waals surface area contributed by atoms with Gasteiger partial charge in [-0.05, 0) is 43.0 Å². The van der Waals surface area contributed by atoms with Crippen LogP contribution in [-0.2, 0) is 9.84 Å². The van der Waals surface area contributed by atoms with Crippen LogP contribution < -0.4 is 10.5 Å². The van der Waals surface area contributed by atoms with E-state index >= 15 is 0 Å². The van der Waals surface area contributed by atoms with Crippen molar-refractivity contribution in [3.05, 3.63) is 24.3 Å². The van der Waals surface area contributed by atoms with Crippen molar-refractivity contribution in [1.29, 1.82) is 0 Å². The van der Waals surface area contributed by atoms with Crippen molar-refractivity contribution in [2.75, 3.05) is 23.8 Å². The maximum atomic E-state index is 11.9. The van der Waals surface area contributed by atoms with Gasteiger partial charge in [-0.2, -0.15) is 0 Å². The number of hydrogen-bond acceptors (Lipinski definition) is 4. The molecule has 5 heteroatoms. The Morgan fingerprint density at radius 3 is 2.42 bits per heavy atom. The van der Waals surface area contributed by atoms with Crippen molar-refractivity contribution >= 4 is 15.5 Å². The minimum atomic E-state index is -2.99. The fraction of sp³-hybridized carbons (Fsp3) is 0.571. The maximum Gasteiger partial charge on any atom is 0.153 e. The number of benzene rings is 1. The van der Waals surface area contributed by atoms with Crippen LogP contribution in [0.5, 0.6) is 5.75 Å². The third-order valence-corrected chi connectivity index (χ3v) is 5.28. The highest BCUT2D eigenvalue weighted by molar-refractivity contribution is 7.91. The van der Waals surface area contributed by atoms with E-state index in [4.69, 9.17) is 10.5 Å². The molecule has 0 unspecified atom stereocenters. The highest BCUT2D eigenvalue weighted by atomic mass is 32.2. The molecule has 1 aromatic rings. The van der Waals surface area contributed by atoms with Crippen molar-refractivity contribution in [2.24, 2.45) is 5.92 Å². The Labute approximate surface area is 114 Å². The first-order valence-electron chi connectivity index (χ1n) is 6.74. The minimum absolute atomic E-state index is 0.0911. The summed E-state index contributed by atoms with van der Waals surface area (Å²) in [5.74, 6) is 1.43. The van der Waals surface area contributed by atoms with Gasteiger partial charge < -0.3 is 10.5 Å². The number of sulfone groups is 1. The van der Waals surface area contributed by atoms with Crippen LogP contribution in [0.25, 0.3) is 0 Å². The average molecular weight is 283 g/mol. The van der Waals surface area contributed by atoms with Gasteiger partial charge in [0.2, 0.25) is 0 Å². The second kappa shape index (κ2) is 6.28. The zero-order valence-electron chi connectivity index (χ0n) is 11.0. The molecule has 4 nitrogen and oxygen atoms in total. The van der Waals surface area contributed by atoms with Gasteiger partial charge in [-0.15, -0.1) is 0 Å². The zero-order chi connectivity index (χ0) is 13.7. The number of nitrogen functional groups attached to an aromatic ring is 1. The van der Waals surface area contributed by atoms with Crippen LogP contribution in [0, 0.1) is 5.92 Å². The molecule has 0 amide bonds. The fourth-order valence-corrected chi connectivity index (χ4v) is 4.03. The summed E-state index contributed by atoms with van der Waals surface area (Å²) >= 11 is 0. The molecule has 0 saturated heterocycles. The second-order valence-corrected chi connectivity index (χ2v) is 7.41. The summed E-state index contributed by atoms with van der Waals surface area (Å²) in [5.41, 5.74) is 6.23. The van der Waals surface area contributed by atoms with Crippen molar-refractivity contribution in [3.8, 4) is 5.75 Å². The molecule has 0 radical (unpaired) electrons.